The third kappa shape index (κ3) is 2.40. The summed E-state index contributed by atoms with van der Waals surface area (Å²) in [5.74, 6) is 0.531. The van der Waals surface area contributed by atoms with Gasteiger partial charge in [-0.2, -0.15) is 0 Å². The van der Waals surface area contributed by atoms with Crippen molar-refractivity contribution >= 4 is 5.91 Å². The third-order valence-electron chi connectivity index (χ3n) is 4.14. The molecule has 2 aliphatic rings. The van der Waals surface area contributed by atoms with E-state index in [4.69, 9.17) is 0 Å². The first-order valence-corrected chi connectivity index (χ1v) is 6.66. The Labute approximate surface area is 97.8 Å². The van der Waals surface area contributed by atoms with Gasteiger partial charge >= 0.3 is 0 Å². The second-order valence-electron chi connectivity index (χ2n) is 5.46. The summed E-state index contributed by atoms with van der Waals surface area (Å²) < 4.78 is 0. The fraction of sp³-hybridized carbons (Fsp3) is 0.923. The van der Waals surface area contributed by atoms with E-state index in [1.165, 1.54) is 25.7 Å². The number of β-amino-alcohol motifs (C(OH)–C–C–N with tert-alkyl or cyclic N) is 1. The van der Waals surface area contributed by atoms with Gasteiger partial charge in [0, 0.05) is 5.92 Å². The Bertz CT molecular complexity index is 251. The number of amides is 1. The van der Waals surface area contributed by atoms with E-state index in [1.54, 1.807) is 0 Å². The maximum absolute atomic E-state index is 12.2. The lowest BCUT2D eigenvalue weighted by molar-refractivity contribution is -0.160. The number of hydrogen-bond acceptors (Lipinski definition) is 2. The molecular formula is C13H23NO2. The predicted octanol–water partition coefficient (Wildman–Crippen LogP) is 1.94. The van der Waals surface area contributed by atoms with Crippen LogP contribution in [-0.4, -0.2) is 34.6 Å². The molecule has 0 bridgehead atoms. The van der Waals surface area contributed by atoms with Gasteiger partial charge in [0.15, 0.2) is 0 Å². The molecule has 0 spiro atoms. The molecule has 3 heteroatoms. The Morgan fingerprint density at radius 3 is 2.31 bits per heavy atom. The number of carbonyl (C=O) groups is 1. The van der Waals surface area contributed by atoms with Crippen LogP contribution in [-0.2, 0) is 4.79 Å². The van der Waals surface area contributed by atoms with Gasteiger partial charge in [0.1, 0.15) is 0 Å². The minimum Gasteiger partial charge on any atom is -0.386 e. The van der Waals surface area contributed by atoms with E-state index in [1.807, 2.05) is 11.8 Å². The Kier molecular flexibility index (Phi) is 3.53. The molecule has 1 saturated carbocycles. The minimum atomic E-state index is -0.583. The summed E-state index contributed by atoms with van der Waals surface area (Å²) in [6.45, 7) is 3.09. The second-order valence-corrected chi connectivity index (χ2v) is 5.46. The molecular weight excluding hydrogens is 202 g/mol. The maximum Gasteiger partial charge on any atom is 0.225 e. The van der Waals surface area contributed by atoms with Crippen molar-refractivity contribution < 1.29 is 9.90 Å². The first-order valence-electron chi connectivity index (χ1n) is 6.66. The Balaban J connectivity index is 1.84. The van der Waals surface area contributed by atoms with E-state index in [0.29, 0.717) is 19.0 Å². The fourth-order valence-electron chi connectivity index (χ4n) is 2.83. The number of nitrogens with zero attached hydrogens (tertiary/aromatic N) is 1. The lowest BCUT2D eigenvalue weighted by Crippen LogP contribution is -2.64. The minimum absolute atomic E-state index is 0.240. The van der Waals surface area contributed by atoms with Gasteiger partial charge in [-0.1, -0.05) is 32.6 Å². The van der Waals surface area contributed by atoms with Crippen molar-refractivity contribution in [2.24, 2.45) is 5.92 Å². The molecule has 0 aromatic carbocycles. The van der Waals surface area contributed by atoms with E-state index in [9.17, 15) is 9.90 Å². The average molecular weight is 225 g/mol. The van der Waals surface area contributed by atoms with Crippen molar-refractivity contribution in [3.8, 4) is 0 Å². The van der Waals surface area contributed by atoms with E-state index in [-0.39, 0.29) is 5.92 Å². The number of aliphatic hydroxyl groups is 1. The summed E-state index contributed by atoms with van der Waals surface area (Å²) in [7, 11) is 0. The molecule has 0 unspecified atom stereocenters. The molecule has 1 saturated heterocycles. The zero-order chi connectivity index (χ0) is 11.6. The first kappa shape index (κ1) is 11.9. The second kappa shape index (κ2) is 4.74. The lowest BCUT2D eigenvalue weighted by atomic mass is 9.88. The van der Waals surface area contributed by atoms with Gasteiger partial charge in [-0.15, -0.1) is 0 Å². The van der Waals surface area contributed by atoms with Gasteiger partial charge in [-0.25, -0.2) is 0 Å². The van der Waals surface area contributed by atoms with Gasteiger partial charge in [-0.05, 0) is 19.3 Å². The smallest absolute Gasteiger partial charge is 0.225 e. The molecule has 2 fully saturated rings. The van der Waals surface area contributed by atoms with Crippen LogP contribution < -0.4 is 0 Å². The van der Waals surface area contributed by atoms with E-state index < -0.39 is 5.60 Å². The molecule has 1 heterocycles. The molecule has 1 aliphatic carbocycles. The molecule has 92 valence electrons. The van der Waals surface area contributed by atoms with Crippen LogP contribution in [0, 0.1) is 5.92 Å². The van der Waals surface area contributed by atoms with Crippen LogP contribution in [0.1, 0.15) is 51.9 Å². The molecule has 3 nitrogen and oxygen atoms in total. The van der Waals surface area contributed by atoms with Crippen LogP contribution in [0.4, 0.5) is 0 Å². The van der Waals surface area contributed by atoms with Gasteiger partial charge < -0.3 is 10.0 Å². The molecule has 0 atom stereocenters. The summed E-state index contributed by atoms with van der Waals surface area (Å²) in [6.07, 6.45) is 7.82. The maximum atomic E-state index is 12.2. The molecule has 1 aliphatic heterocycles. The van der Waals surface area contributed by atoms with Gasteiger partial charge in [0.2, 0.25) is 5.91 Å². The highest BCUT2D eigenvalue weighted by molar-refractivity contribution is 5.80. The average Bonchev–Trinajstić information content (AvgIpc) is 2.52. The van der Waals surface area contributed by atoms with E-state index in [0.717, 1.165) is 19.3 Å². The molecule has 0 aromatic rings. The fourth-order valence-corrected chi connectivity index (χ4v) is 2.83. The largest absolute Gasteiger partial charge is 0.386 e. The highest BCUT2D eigenvalue weighted by atomic mass is 16.3. The van der Waals surface area contributed by atoms with E-state index in [2.05, 4.69) is 0 Å². The monoisotopic (exact) mass is 225 g/mol. The van der Waals surface area contributed by atoms with Crippen LogP contribution in [0.15, 0.2) is 0 Å². The quantitative estimate of drug-likeness (QED) is 0.730. The van der Waals surface area contributed by atoms with Crippen molar-refractivity contribution in [1.82, 2.24) is 4.90 Å². The van der Waals surface area contributed by atoms with Gasteiger partial charge in [0.05, 0.1) is 18.7 Å². The highest BCUT2D eigenvalue weighted by Crippen LogP contribution is 2.30. The van der Waals surface area contributed by atoms with E-state index >= 15 is 0 Å². The summed E-state index contributed by atoms with van der Waals surface area (Å²) in [4.78, 5) is 14.0. The van der Waals surface area contributed by atoms with Crippen LogP contribution in [0.5, 0.6) is 0 Å². The molecule has 1 N–H and O–H groups in total. The molecule has 0 aromatic heterocycles. The number of carbonyl (C=O) groups excluding carboxylic acids is 1. The van der Waals surface area contributed by atoms with Gasteiger partial charge in [0.25, 0.3) is 0 Å². The van der Waals surface area contributed by atoms with Crippen LogP contribution in [0.3, 0.4) is 0 Å². The normalized spacial score (nSPS) is 26.0. The number of rotatable bonds is 2. The zero-order valence-electron chi connectivity index (χ0n) is 10.2. The molecule has 0 radical (unpaired) electrons. The highest BCUT2D eigenvalue weighted by Gasteiger charge is 2.43. The van der Waals surface area contributed by atoms with Gasteiger partial charge in [-0.3, -0.25) is 4.79 Å². The molecule has 1 amide bonds. The van der Waals surface area contributed by atoms with Crippen LogP contribution >= 0.6 is 0 Å². The van der Waals surface area contributed by atoms with Crippen LogP contribution in [0.2, 0.25) is 0 Å². The first-order chi connectivity index (χ1) is 7.64. The van der Waals surface area contributed by atoms with Crippen molar-refractivity contribution in [2.45, 2.75) is 57.5 Å². The SMILES string of the molecule is CCC1(O)CN(C(=O)C2CCCCCC2)C1. The van der Waals surface area contributed by atoms with Crippen molar-refractivity contribution in [1.29, 1.82) is 0 Å². The number of hydrogen-bond donors (Lipinski definition) is 1. The predicted molar refractivity (Wildman–Crippen MR) is 63.0 cm³/mol. The summed E-state index contributed by atoms with van der Waals surface area (Å²) >= 11 is 0. The van der Waals surface area contributed by atoms with Crippen molar-refractivity contribution in [2.75, 3.05) is 13.1 Å². The lowest BCUT2D eigenvalue weighted by Gasteiger charge is -2.47. The topological polar surface area (TPSA) is 40.5 Å². The van der Waals surface area contributed by atoms with Crippen molar-refractivity contribution in [3.05, 3.63) is 0 Å². The summed E-state index contributed by atoms with van der Waals surface area (Å²) in [5, 5.41) is 9.90. The van der Waals surface area contributed by atoms with Crippen molar-refractivity contribution in [3.63, 3.8) is 0 Å². The Morgan fingerprint density at radius 2 is 1.81 bits per heavy atom. The molecule has 16 heavy (non-hydrogen) atoms. The summed E-state index contributed by atoms with van der Waals surface area (Å²) in [6, 6.07) is 0. The standard InChI is InChI=1S/C13H23NO2/c1-2-13(16)9-14(10-13)12(15)11-7-5-3-4-6-8-11/h11,16H,2-10H2,1H3. The zero-order valence-corrected chi connectivity index (χ0v) is 10.2. The van der Waals surface area contributed by atoms with Crippen LogP contribution in [0.25, 0.3) is 0 Å². The number of likely N-dealkylation sites (tertiary alicyclic amines) is 1. The Morgan fingerprint density at radius 1 is 1.25 bits per heavy atom. The molecule has 2 rings (SSSR count). The third-order valence-corrected chi connectivity index (χ3v) is 4.14. The summed E-state index contributed by atoms with van der Waals surface area (Å²) in [5.41, 5.74) is -0.583. The Hall–Kier alpha value is -0.570.